The first-order chi connectivity index (χ1) is 7.08. The fraction of sp³-hybridized carbons (Fsp3) is 0.364. The van der Waals surface area contributed by atoms with Crippen molar-refractivity contribution in [1.82, 2.24) is 0 Å². The van der Waals surface area contributed by atoms with E-state index in [2.05, 4.69) is 33.2 Å². The van der Waals surface area contributed by atoms with Crippen LogP contribution >= 0.6 is 22.6 Å². The maximum atomic E-state index is 11.7. The highest BCUT2D eigenvalue weighted by Gasteiger charge is 2.27. The first-order valence-electron chi connectivity index (χ1n) is 4.95. The molecule has 0 saturated carbocycles. The molecule has 0 fully saturated rings. The summed E-state index contributed by atoms with van der Waals surface area (Å²) in [5, 5.41) is 6.18. The van der Waals surface area contributed by atoms with Crippen LogP contribution in [-0.4, -0.2) is 11.9 Å². The molecular formula is C11H13IN2O. The number of carbonyl (C=O) groups is 1. The number of carbonyl (C=O) groups excluding carboxylic acids is 1. The first-order valence-corrected chi connectivity index (χ1v) is 6.03. The molecule has 0 spiro atoms. The molecule has 1 atom stereocenters. The Kier molecular flexibility index (Phi) is 2.86. The van der Waals surface area contributed by atoms with E-state index < -0.39 is 0 Å². The molecule has 2 N–H and O–H groups in total. The predicted molar refractivity (Wildman–Crippen MR) is 70.0 cm³/mol. The lowest BCUT2D eigenvalue weighted by Crippen LogP contribution is -2.42. The quantitative estimate of drug-likeness (QED) is 0.782. The third kappa shape index (κ3) is 2.09. The Balaban J connectivity index is 2.34. The van der Waals surface area contributed by atoms with Crippen LogP contribution in [0, 0.1) is 9.49 Å². The van der Waals surface area contributed by atoms with E-state index in [0.29, 0.717) is 0 Å². The van der Waals surface area contributed by atoms with Gasteiger partial charge in [0, 0.05) is 3.57 Å². The van der Waals surface area contributed by atoms with Gasteiger partial charge in [0.15, 0.2) is 0 Å². The molecule has 1 heterocycles. The fourth-order valence-electron chi connectivity index (χ4n) is 1.66. The van der Waals surface area contributed by atoms with Crippen molar-refractivity contribution in [1.29, 1.82) is 0 Å². The van der Waals surface area contributed by atoms with Crippen molar-refractivity contribution in [2.45, 2.75) is 19.9 Å². The standard InChI is InChI=1S/C11H13IN2O/c1-6(2)10-11(15)14-9-5-7(12)3-4-8(9)13-10/h3-6,10,13H,1-2H3,(H,14,15). The number of hydrogen-bond donors (Lipinski definition) is 2. The molecule has 1 amide bonds. The Labute approximate surface area is 103 Å². The van der Waals surface area contributed by atoms with E-state index in [9.17, 15) is 4.79 Å². The maximum absolute atomic E-state index is 11.7. The number of rotatable bonds is 1. The number of amides is 1. The molecule has 80 valence electrons. The summed E-state index contributed by atoms with van der Waals surface area (Å²) in [6.07, 6.45) is 0. The van der Waals surface area contributed by atoms with Gasteiger partial charge in [0.05, 0.1) is 11.4 Å². The van der Waals surface area contributed by atoms with Crippen LogP contribution in [0.5, 0.6) is 0 Å². The SMILES string of the molecule is CC(C)C1Nc2ccc(I)cc2NC1=O. The average molecular weight is 316 g/mol. The third-order valence-corrected chi connectivity index (χ3v) is 3.17. The van der Waals surface area contributed by atoms with Crippen LogP contribution in [0.25, 0.3) is 0 Å². The minimum atomic E-state index is -0.127. The lowest BCUT2D eigenvalue weighted by atomic mass is 10.0. The molecule has 0 aliphatic carbocycles. The summed E-state index contributed by atoms with van der Waals surface area (Å²) in [6.45, 7) is 4.07. The van der Waals surface area contributed by atoms with Crippen LogP contribution in [0.4, 0.5) is 11.4 Å². The number of fused-ring (bicyclic) bond motifs is 1. The molecule has 15 heavy (non-hydrogen) atoms. The molecule has 0 bridgehead atoms. The highest BCUT2D eigenvalue weighted by atomic mass is 127. The van der Waals surface area contributed by atoms with Crippen LogP contribution < -0.4 is 10.6 Å². The van der Waals surface area contributed by atoms with Crippen LogP contribution in [0.15, 0.2) is 18.2 Å². The lowest BCUT2D eigenvalue weighted by Gasteiger charge is -2.29. The van der Waals surface area contributed by atoms with Gasteiger partial charge in [0.1, 0.15) is 6.04 Å². The van der Waals surface area contributed by atoms with Crippen molar-refractivity contribution in [3.63, 3.8) is 0 Å². The summed E-state index contributed by atoms with van der Waals surface area (Å²) < 4.78 is 1.12. The van der Waals surface area contributed by atoms with Crippen molar-refractivity contribution in [2.24, 2.45) is 5.92 Å². The predicted octanol–water partition coefficient (Wildman–Crippen LogP) is 2.68. The topological polar surface area (TPSA) is 41.1 Å². The van der Waals surface area contributed by atoms with Gasteiger partial charge >= 0.3 is 0 Å². The smallest absolute Gasteiger partial charge is 0.247 e. The molecule has 1 aromatic rings. The number of anilines is 2. The Morgan fingerprint density at radius 2 is 2.07 bits per heavy atom. The first kappa shape index (κ1) is 10.7. The minimum Gasteiger partial charge on any atom is -0.372 e. The molecule has 1 unspecified atom stereocenters. The molecule has 0 radical (unpaired) electrons. The van der Waals surface area contributed by atoms with Gasteiger partial charge in [-0.05, 0) is 46.7 Å². The van der Waals surface area contributed by atoms with E-state index in [1.54, 1.807) is 0 Å². The van der Waals surface area contributed by atoms with Gasteiger partial charge in [0.25, 0.3) is 0 Å². The number of halogens is 1. The second-order valence-electron chi connectivity index (χ2n) is 4.05. The van der Waals surface area contributed by atoms with Crippen LogP contribution in [0.3, 0.4) is 0 Å². The fourth-order valence-corrected chi connectivity index (χ4v) is 2.15. The average Bonchev–Trinajstić information content (AvgIpc) is 2.15. The minimum absolute atomic E-state index is 0.0551. The molecule has 4 heteroatoms. The molecule has 1 aliphatic heterocycles. The van der Waals surface area contributed by atoms with E-state index in [0.717, 1.165) is 14.9 Å². The summed E-state index contributed by atoms with van der Waals surface area (Å²) >= 11 is 2.23. The molecule has 1 aromatic carbocycles. The maximum Gasteiger partial charge on any atom is 0.247 e. The molecule has 2 rings (SSSR count). The molecule has 0 aromatic heterocycles. The van der Waals surface area contributed by atoms with Crippen molar-refractivity contribution < 1.29 is 4.79 Å². The highest BCUT2D eigenvalue weighted by molar-refractivity contribution is 14.1. The largest absolute Gasteiger partial charge is 0.372 e. The molecule has 1 aliphatic rings. The Hall–Kier alpha value is -0.780. The molecular weight excluding hydrogens is 303 g/mol. The second-order valence-corrected chi connectivity index (χ2v) is 5.29. The van der Waals surface area contributed by atoms with E-state index in [1.165, 1.54) is 0 Å². The summed E-state index contributed by atoms with van der Waals surface area (Å²) in [4.78, 5) is 11.7. The summed E-state index contributed by atoms with van der Waals surface area (Å²) in [6, 6.07) is 5.88. The lowest BCUT2D eigenvalue weighted by molar-refractivity contribution is -0.117. The van der Waals surface area contributed by atoms with E-state index >= 15 is 0 Å². The number of hydrogen-bond acceptors (Lipinski definition) is 2. The third-order valence-electron chi connectivity index (χ3n) is 2.50. The van der Waals surface area contributed by atoms with Gasteiger partial charge in [-0.3, -0.25) is 4.79 Å². The van der Waals surface area contributed by atoms with E-state index in [1.807, 2.05) is 32.0 Å². The van der Waals surface area contributed by atoms with Crippen LogP contribution in [0.1, 0.15) is 13.8 Å². The summed E-state index contributed by atoms with van der Waals surface area (Å²) in [5.74, 6) is 0.344. The van der Waals surface area contributed by atoms with Crippen molar-refractivity contribution in [3.05, 3.63) is 21.8 Å². The van der Waals surface area contributed by atoms with Gasteiger partial charge in [-0.15, -0.1) is 0 Å². The summed E-state index contributed by atoms with van der Waals surface area (Å²) in [5.41, 5.74) is 1.89. The van der Waals surface area contributed by atoms with Crippen molar-refractivity contribution >= 4 is 39.9 Å². The van der Waals surface area contributed by atoms with Gasteiger partial charge in [-0.25, -0.2) is 0 Å². The van der Waals surface area contributed by atoms with Crippen molar-refractivity contribution in [3.8, 4) is 0 Å². The van der Waals surface area contributed by atoms with Gasteiger partial charge in [0.2, 0.25) is 5.91 Å². The van der Waals surface area contributed by atoms with Gasteiger partial charge < -0.3 is 10.6 Å². The van der Waals surface area contributed by atoms with E-state index in [4.69, 9.17) is 0 Å². The summed E-state index contributed by atoms with van der Waals surface area (Å²) in [7, 11) is 0. The molecule has 0 saturated heterocycles. The number of benzene rings is 1. The zero-order valence-corrected chi connectivity index (χ0v) is 10.8. The Morgan fingerprint density at radius 1 is 1.33 bits per heavy atom. The number of nitrogens with one attached hydrogen (secondary N) is 2. The monoisotopic (exact) mass is 316 g/mol. The second kappa shape index (κ2) is 4.00. The van der Waals surface area contributed by atoms with Crippen LogP contribution in [0.2, 0.25) is 0 Å². The Morgan fingerprint density at radius 3 is 2.73 bits per heavy atom. The Bertz CT molecular complexity index is 404. The zero-order chi connectivity index (χ0) is 11.0. The van der Waals surface area contributed by atoms with Crippen LogP contribution in [-0.2, 0) is 4.79 Å². The van der Waals surface area contributed by atoms with Crippen molar-refractivity contribution in [2.75, 3.05) is 10.6 Å². The van der Waals surface area contributed by atoms with Gasteiger partial charge in [-0.1, -0.05) is 13.8 Å². The van der Waals surface area contributed by atoms with Gasteiger partial charge in [-0.2, -0.15) is 0 Å². The molecule has 3 nitrogen and oxygen atoms in total. The normalized spacial score (nSPS) is 19.5. The highest BCUT2D eigenvalue weighted by Crippen LogP contribution is 2.29. The van der Waals surface area contributed by atoms with E-state index in [-0.39, 0.29) is 17.9 Å². The zero-order valence-electron chi connectivity index (χ0n) is 8.67.